The number of pyridine rings is 2. The highest BCUT2D eigenvalue weighted by atomic mass is 35.5. The Bertz CT molecular complexity index is 851. The molecule has 0 fully saturated rings. The van der Waals surface area contributed by atoms with Crippen LogP contribution in [0.1, 0.15) is 16.2 Å². The first kappa shape index (κ1) is 15.4. The molecule has 0 saturated heterocycles. The Kier molecular flexibility index (Phi) is 4.50. The molecule has 0 radical (unpaired) electrons. The molecule has 2 N–H and O–H groups in total. The second-order valence-electron chi connectivity index (χ2n) is 4.62. The molecule has 0 spiro atoms. The fourth-order valence-corrected chi connectivity index (χ4v) is 2.69. The standard InChI is InChI=1S/C15H12ClN5OS/c1-9-4-2-6-12(18-9)21-15-20-11(8-23-15)14(22)19-10-5-3-7-17-13(10)16/h2-8H,1H3,(H,19,22)(H,18,20,21). The van der Waals surface area contributed by atoms with E-state index in [4.69, 9.17) is 11.6 Å². The Balaban J connectivity index is 1.71. The molecule has 0 aliphatic heterocycles. The first-order valence-electron chi connectivity index (χ1n) is 6.70. The summed E-state index contributed by atoms with van der Waals surface area (Å²) in [7, 11) is 0. The van der Waals surface area contributed by atoms with Crippen molar-refractivity contribution in [3.8, 4) is 0 Å². The molecule has 8 heteroatoms. The normalized spacial score (nSPS) is 10.3. The predicted octanol–water partition coefficient (Wildman–Crippen LogP) is 3.89. The number of carbonyl (C=O) groups is 1. The number of halogens is 1. The van der Waals surface area contributed by atoms with E-state index in [-0.39, 0.29) is 11.1 Å². The molecule has 116 valence electrons. The molecule has 0 atom stereocenters. The van der Waals surface area contributed by atoms with E-state index >= 15 is 0 Å². The number of hydrogen-bond acceptors (Lipinski definition) is 6. The molecule has 0 bridgehead atoms. The van der Waals surface area contributed by atoms with Crippen molar-refractivity contribution in [2.24, 2.45) is 0 Å². The zero-order valence-electron chi connectivity index (χ0n) is 12.1. The van der Waals surface area contributed by atoms with Crippen LogP contribution in [-0.2, 0) is 0 Å². The zero-order chi connectivity index (χ0) is 16.2. The fourth-order valence-electron chi connectivity index (χ4n) is 1.82. The number of amides is 1. The van der Waals surface area contributed by atoms with Crippen LogP contribution in [0.2, 0.25) is 5.15 Å². The smallest absolute Gasteiger partial charge is 0.275 e. The Morgan fingerprint density at radius 3 is 2.87 bits per heavy atom. The van der Waals surface area contributed by atoms with Crippen LogP contribution in [-0.4, -0.2) is 20.9 Å². The highest BCUT2D eigenvalue weighted by Gasteiger charge is 2.13. The number of nitrogens with one attached hydrogen (secondary N) is 2. The number of anilines is 3. The molecule has 0 unspecified atom stereocenters. The van der Waals surface area contributed by atoms with E-state index in [9.17, 15) is 4.79 Å². The van der Waals surface area contributed by atoms with Crippen LogP contribution in [0.3, 0.4) is 0 Å². The van der Waals surface area contributed by atoms with Gasteiger partial charge in [-0.3, -0.25) is 4.79 Å². The average Bonchev–Trinajstić information content (AvgIpc) is 2.98. The first-order valence-corrected chi connectivity index (χ1v) is 7.95. The second kappa shape index (κ2) is 6.72. The van der Waals surface area contributed by atoms with Crippen LogP contribution in [0.25, 0.3) is 0 Å². The maximum absolute atomic E-state index is 12.2. The summed E-state index contributed by atoms with van der Waals surface area (Å²) in [5, 5.41) is 8.24. The van der Waals surface area contributed by atoms with E-state index in [0.717, 1.165) is 5.69 Å². The molecule has 3 rings (SSSR count). The van der Waals surface area contributed by atoms with Gasteiger partial charge < -0.3 is 10.6 Å². The summed E-state index contributed by atoms with van der Waals surface area (Å²) in [6, 6.07) is 9.01. The Morgan fingerprint density at radius 1 is 1.22 bits per heavy atom. The van der Waals surface area contributed by atoms with E-state index in [0.29, 0.717) is 22.3 Å². The number of nitrogens with zero attached hydrogens (tertiary/aromatic N) is 3. The minimum absolute atomic E-state index is 0.235. The van der Waals surface area contributed by atoms with E-state index < -0.39 is 0 Å². The number of aromatic nitrogens is 3. The Labute approximate surface area is 141 Å². The van der Waals surface area contributed by atoms with Crippen LogP contribution < -0.4 is 10.6 Å². The van der Waals surface area contributed by atoms with E-state index in [1.807, 2.05) is 25.1 Å². The molecule has 3 aromatic heterocycles. The van der Waals surface area contributed by atoms with Gasteiger partial charge in [0.05, 0.1) is 5.69 Å². The van der Waals surface area contributed by atoms with Gasteiger partial charge in [-0.15, -0.1) is 11.3 Å². The third-order valence-corrected chi connectivity index (χ3v) is 3.93. The lowest BCUT2D eigenvalue weighted by atomic mass is 10.4. The van der Waals surface area contributed by atoms with E-state index in [1.54, 1.807) is 23.7 Å². The minimum Gasteiger partial charge on any atom is -0.318 e. The Morgan fingerprint density at radius 2 is 2.09 bits per heavy atom. The summed E-state index contributed by atoms with van der Waals surface area (Å²) in [5.41, 5.74) is 1.64. The SMILES string of the molecule is Cc1cccc(Nc2nc(C(=O)Nc3cccnc3Cl)cs2)n1. The van der Waals surface area contributed by atoms with Crippen molar-refractivity contribution >= 4 is 45.5 Å². The van der Waals surface area contributed by atoms with Crippen molar-refractivity contribution in [2.45, 2.75) is 6.92 Å². The maximum Gasteiger partial charge on any atom is 0.275 e. The number of aryl methyl sites for hydroxylation is 1. The van der Waals surface area contributed by atoms with Crippen molar-refractivity contribution in [2.75, 3.05) is 10.6 Å². The average molecular weight is 346 g/mol. The summed E-state index contributed by atoms with van der Waals surface area (Å²) in [6.45, 7) is 1.91. The predicted molar refractivity (Wildman–Crippen MR) is 91.6 cm³/mol. The molecule has 0 saturated carbocycles. The van der Waals surface area contributed by atoms with Gasteiger partial charge in [0, 0.05) is 17.3 Å². The van der Waals surface area contributed by atoms with Crippen molar-refractivity contribution in [1.82, 2.24) is 15.0 Å². The van der Waals surface area contributed by atoms with Gasteiger partial charge >= 0.3 is 0 Å². The third-order valence-electron chi connectivity index (χ3n) is 2.87. The molecule has 0 aliphatic rings. The zero-order valence-corrected chi connectivity index (χ0v) is 13.6. The molecule has 23 heavy (non-hydrogen) atoms. The molecule has 3 heterocycles. The van der Waals surface area contributed by atoms with E-state index in [2.05, 4.69) is 25.6 Å². The molecule has 6 nitrogen and oxygen atoms in total. The quantitative estimate of drug-likeness (QED) is 0.701. The van der Waals surface area contributed by atoms with Gasteiger partial charge in [0.2, 0.25) is 0 Å². The third kappa shape index (κ3) is 3.82. The lowest BCUT2D eigenvalue weighted by molar-refractivity contribution is 0.102. The van der Waals surface area contributed by atoms with Crippen LogP contribution in [0, 0.1) is 6.92 Å². The summed E-state index contributed by atoms with van der Waals surface area (Å²) >= 11 is 7.24. The number of carbonyl (C=O) groups excluding carboxylic acids is 1. The molecule has 0 aromatic carbocycles. The highest BCUT2D eigenvalue weighted by Crippen LogP contribution is 2.22. The summed E-state index contributed by atoms with van der Waals surface area (Å²) < 4.78 is 0. The largest absolute Gasteiger partial charge is 0.318 e. The minimum atomic E-state index is -0.346. The van der Waals surface area contributed by atoms with Crippen LogP contribution in [0.15, 0.2) is 41.9 Å². The van der Waals surface area contributed by atoms with E-state index in [1.165, 1.54) is 11.3 Å². The topological polar surface area (TPSA) is 79.8 Å². The maximum atomic E-state index is 12.2. The van der Waals surface area contributed by atoms with Crippen molar-refractivity contribution in [3.63, 3.8) is 0 Å². The van der Waals surface area contributed by atoms with Gasteiger partial charge in [-0.25, -0.2) is 15.0 Å². The van der Waals surface area contributed by atoms with Crippen molar-refractivity contribution < 1.29 is 4.79 Å². The van der Waals surface area contributed by atoms with Gasteiger partial charge in [0.25, 0.3) is 5.91 Å². The van der Waals surface area contributed by atoms with Crippen molar-refractivity contribution in [1.29, 1.82) is 0 Å². The molecule has 3 aromatic rings. The van der Waals surface area contributed by atoms with Crippen LogP contribution >= 0.6 is 22.9 Å². The van der Waals surface area contributed by atoms with Crippen molar-refractivity contribution in [3.05, 3.63) is 58.4 Å². The highest BCUT2D eigenvalue weighted by molar-refractivity contribution is 7.14. The van der Waals surface area contributed by atoms with Gasteiger partial charge in [0.1, 0.15) is 11.5 Å². The first-order chi connectivity index (χ1) is 11.1. The number of rotatable bonds is 4. The monoisotopic (exact) mass is 345 g/mol. The van der Waals surface area contributed by atoms with Crippen LogP contribution in [0.4, 0.5) is 16.6 Å². The lowest BCUT2D eigenvalue weighted by Crippen LogP contribution is -2.13. The molecular weight excluding hydrogens is 334 g/mol. The molecule has 1 amide bonds. The number of hydrogen-bond donors (Lipinski definition) is 2. The van der Waals surface area contributed by atoms with Gasteiger partial charge in [-0.05, 0) is 31.2 Å². The lowest BCUT2D eigenvalue weighted by Gasteiger charge is -2.04. The van der Waals surface area contributed by atoms with Crippen LogP contribution in [0.5, 0.6) is 0 Å². The fraction of sp³-hybridized carbons (Fsp3) is 0.0667. The Hall–Kier alpha value is -2.51. The number of thiazole rings is 1. The molecule has 0 aliphatic carbocycles. The van der Waals surface area contributed by atoms with Gasteiger partial charge in [-0.1, -0.05) is 17.7 Å². The summed E-state index contributed by atoms with van der Waals surface area (Å²) in [5.74, 6) is 0.336. The van der Waals surface area contributed by atoms with Gasteiger partial charge in [0.15, 0.2) is 10.3 Å². The summed E-state index contributed by atoms with van der Waals surface area (Å²) in [4.78, 5) is 24.7. The summed E-state index contributed by atoms with van der Waals surface area (Å²) in [6.07, 6.45) is 1.55. The second-order valence-corrected chi connectivity index (χ2v) is 5.84. The van der Waals surface area contributed by atoms with Gasteiger partial charge in [-0.2, -0.15) is 0 Å². The molecular formula is C15H12ClN5OS.